The summed E-state index contributed by atoms with van der Waals surface area (Å²) in [6, 6.07) is 7.37. The van der Waals surface area contributed by atoms with Crippen LogP contribution in [0.15, 0.2) is 43.0 Å². The second-order valence-electron chi connectivity index (χ2n) is 5.63. The van der Waals surface area contributed by atoms with E-state index in [1.807, 2.05) is 24.3 Å². The largest absolute Gasteiger partial charge is 0.394 e. The maximum absolute atomic E-state index is 10.2. The number of pyridine rings is 1. The highest BCUT2D eigenvalue weighted by Crippen LogP contribution is 2.33. The number of nitrogens with zero attached hydrogens (tertiary/aromatic N) is 4. The number of hydrogen-bond acceptors (Lipinski definition) is 7. The average molecular weight is 328 g/mol. The first-order valence-corrected chi connectivity index (χ1v) is 7.56. The number of rotatable bonds is 3. The Bertz CT molecular complexity index is 854. The number of aliphatic hydroxyl groups excluding tert-OH is 3. The number of ether oxygens (including phenoxy) is 1. The summed E-state index contributed by atoms with van der Waals surface area (Å²) in [7, 11) is 0. The van der Waals surface area contributed by atoms with Crippen molar-refractivity contribution in [2.24, 2.45) is 0 Å². The highest BCUT2D eigenvalue weighted by Gasteiger charge is 2.43. The van der Waals surface area contributed by atoms with Crippen molar-refractivity contribution in [3.05, 3.63) is 43.0 Å². The van der Waals surface area contributed by atoms with E-state index in [0.717, 1.165) is 5.39 Å². The lowest BCUT2D eigenvalue weighted by atomic mass is 10.1. The van der Waals surface area contributed by atoms with Crippen molar-refractivity contribution in [2.45, 2.75) is 24.5 Å². The Hall–Kier alpha value is -2.39. The fraction of sp³-hybridized carbons (Fsp3) is 0.312. The molecule has 4 heterocycles. The van der Waals surface area contributed by atoms with Gasteiger partial charge in [0.05, 0.1) is 12.3 Å². The molecule has 24 heavy (non-hydrogen) atoms. The van der Waals surface area contributed by atoms with Gasteiger partial charge in [-0.25, -0.2) is 9.97 Å². The van der Waals surface area contributed by atoms with E-state index in [2.05, 4.69) is 15.0 Å². The smallest absolute Gasteiger partial charge is 0.164 e. The zero-order valence-electron chi connectivity index (χ0n) is 12.6. The molecule has 1 fully saturated rings. The molecule has 3 aromatic heterocycles. The van der Waals surface area contributed by atoms with E-state index in [9.17, 15) is 15.3 Å². The highest BCUT2D eigenvalue weighted by molar-refractivity contribution is 5.89. The molecule has 1 aliphatic heterocycles. The maximum atomic E-state index is 10.2. The molecule has 0 radical (unpaired) electrons. The molecule has 1 saturated heterocycles. The minimum Gasteiger partial charge on any atom is -0.394 e. The summed E-state index contributed by atoms with van der Waals surface area (Å²) in [6.07, 6.45) is 0.837. The molecule has 0 spiro atoms. The Balaban J connectivity index is 1.80. The fourth-order valence-corrected chi connectivity index (χ4v) is 2.99. The number of hydrogen-bond donors (Lipinski definition) is 3. The topological polar surface area (TPSA) is 114 Å². The molecule has 0 amide bonds. The molecular weight excluding hydrogens is 312 g/mol. The Morgan fingerprint density at radius 3 is 2.67 bits per heavy atom. The van der Waals surface area contributed by atoms with Gasteiger partial charge in [-0.1, -0.05) is 6.07 Å². The Morgan fingerprint density at radius 1 is 1.08 bits per heavy atom. The van der Waals surface area contributed by atoms with Crippen molar-refractivity contribution < 1.29 is 20.1 Å². The molecule has 4 atom stereocenters. The fourth-order valence-electron chi connectivity index (χ4n) is 2.99. The molecule has 3 aromatic rings. The minimum absolute atomic E-state index is 0.373. The van der Waals surface area contributed by atoms with Gasteiger partial charge >= 0.3 is 0 Å². The monoisotopic (exact) mass is 328 g/mol. The van der Waals surface area contributed by atoms with Crippen molar-refractivity contribution in [2.75, 3.05) is 6.61 Å². The molecule has 0 aliphatic carbocycles. The average Bonchev–Trinajstić information content (AvgIpc) is 3.17. The SMILES string of the molecule is OCC1O[C@@H](n2ccc3c(-c4ccccn4)ncnc32)[C@@H](O)[C@H]1O. The minimum atomic E-state index is -1.16. The number of fused-ring (bicyclic) bond motifs is 1. The summed E-state index contributed by atoms with van der Waals surface area (Å²) in [5.74, 6) is 0. The number of aromatic nitrogens is 4. The van der Waals surface area contributed by atoms with Crippen LogP contribution >= 0.6 is 0 Å². The molecule has 0 saturated carbocycles. The first kappa shape index (κ1) is 15.2. The lowest BCUT2D eigenvalue weighted by Crippen LogP contribution is -2.33. The van der Waals surface area contributed by atoms with Crippen LogP contribution in [0.3, 0.4) is 0 Å². The van der Waals surface area contributed by atoms with Crippen LogP contribution < -0.4 is 0 Å². The molecule has 8 heteroatoms. The van der Waals surface area contributed by atoms with Gasteiger partial charge in [-0.15, -0.1) is 0 Å². The zero-order valence-corrected chi connectivity index (χ0v) is 12.6. The molecule has 1 unspecified atom stereocenters. The maximum Gasteiger partial charge on any atom is 0.164 e. The summed E-state index contributed by atoms with van der Waals surface area (Å²) in [4.78, 5) is 12.9. The van der Waals surface area contributed by atoms with E-state index in [1.54, 1.807) is 17.0 Å². The summed E-state index contributed by atoms with van der Waals surface area (Å²) < 4.78 is 7.20. The summed E-state index contributed by atoms with van der Waals surface area (Å²) in [5, 5.41) is 30.1. The lowest BCUT2D eigenvalue weighted by Gasteiger charge is -2.17. The van der Waals surface area contributed by atoms with E-state index >= 15 is 0 Å². The van der Waals surface area contributed by atoms with Gasteiger partial charge in [0.2, 0.25) is 0 Å². The standard InChI is InChI=1S/C16H16N4O4/c21-7-11-13(22)14(23)16(24-11)20-6-4-9-12(18-8-19-15(9)20)10-3-1-2-5-17-10/h1-6,8,11,13-14,16,21-23H,7H2/t11?,13-,14-,16+/m0/s1. The second kappa shape index (κ2) is 5.91. The van der Waals surface area contributed by atoms with E-state index in [0.29, 0.717) is 17.0 Å². The van der Waals surface area contributed by atoms with Crippen LogP contribution in [0.2, 0.25) is 0 Å². The molecule has 0 aromatic carbocycles. The Morgan fingerprint density at radius 2 is 1.96 bits per heavy atom. The van der Waals surface area contributed by atoms with Crippen molar-refractivity contribution in [1.82, 2.24) is 19.5 Å². The van der Waals surface area contributed by atoms with Gasteiger partial charge in [0.25, 0.3) is 0 Å². The predicted molar refractivity (Wildman–Crippen MR) is 83.8 cm³/mol. The molecule has 4 rings (SSSR count). The first-order valence-electron chi connectivity index (χ1n) is 7.56. The van der Waals surface area contributed by atoms with Gasteiger partial charge in [-0.2, -0.15) is 0 Å². The van der Waals surface area contributed by atoms with E-state index < -0.39 is 24.5 Å². The van der Waals surface area contributed by atoms with Crippen LogP contribution in [0.25, 0.3) is 22.4 Å². The van der Waals surface area contributed by atoms with Gasteiger partial charge in [0, 0.05) is 17.8 Å². The van der Waals surface area contributed by atoms with Crippen molar-refractivity contribution in [3.8, 4) is 11.4 Å². The molecule has 8 nitrogen and oxygen atoms in total. The van der Waals surface area contributed by atoms with Gasteiger partial charge in [-0.05, 0) is 18.2 Å². The molecule has 0 bridgehead atoms. The van der Waals surface area contributed by atoms with E-state index in [4.69, 9.17) is 4.74 Å². The summed E-state index contributed by atoms with van der Waals surface area (Å²) in [5.41, 5.74) is 1.94. The first-order chi connectivity index (χ1) is 11.7. The highest BCUT2D eigenvalue weighted by atomic mass is 16.6. The van der Waals surface area contributed by atoms with Gasteiger partial charge < -0.3 is 24.6 Å². The van der Waals surface area contributed by atoms with Crippen LogP contribution in [0.5, 0.6) is 0 Å². The third-order valence-electron chi connectivity index (χ3n) is 4.21. The van der Waals surface area contributed by atoms with Gasteiger partial charge in [0.15, 0.2) is 6.23 Å². The van der Waals surface area contributed by atoms with Crippen LogP contribution in [-0.4, -0.2) is 59.8 Å². The molecule has 3 N–H and O–H groups in total. The third kappa shape index (κ3) is 2.28. The van der Waals surface area contributed by atoms with Crippen molar-refractivity contribution >= 4 is 11.0 Å². The lowest BCUT2D eigenvalue weighted by molar-refractivity contribution is -0.0508. The van der Waals surface area contributed by atoms with Gasteiger partial charge in [-0.3, -0.25) is 4.98 Å². The van der Waals surface area contributed by atoms with Gasteiger partial charge in [0.1, 0.15) is 36.0 Å². The number of aliphatic hydroxyl groups is 3. The summed E-state index contributed by atoms with van der Waals surface area (Å²) in [6.45, 7) is -0.373. The van der Waals surface area contributed by atoms with Crippen molar-refractivity contribution in [1.29, 1.82) is 0 Å². The van der Waals surface area contributed by atoms with Crippen LogP contribution in [0.4, 0.5) is 0 Å². The third-order valence-corrected chi connectivity index (χ3v) is 4.21. The Kier molecular flexibility index (Phi) is 3.73. The summed E-state index contributed by atoms with van der Waals surface area (Å²) >= 11 is 0. The quantitative estimate of drug-likeness (QED) is 0.625. The zero-order chi connectivity index (χ0) is 16.7. The van der Waals surface area contributed by atoms with E-state index in [1.165, 1.54) is 6.33 Å². The Labute approximate surface area is 137 Å². The van der Waals surface area contributed by atoms with Crippen LogP contribution in [0.1, 0.15) is 6.23 Å². The second-order valence-corrected chi connectivity index (χ2v) is 5.63. The molecular formula is C16H16N4O4. The normalized spacial score (nSPS) is 27.0. The van der Waals surface area contributed by atoms with Crippen LogP contribution in [0, 0.1) is 0 Å². The predicted octanol–water partition coefficient (Wildman–Crippen LogP) is 0.105. The molecule has 1 aliphatic rings. The van der Waals surface area contributed by atoms with E-state index in [-0.39, 0.29) is 6.61 Å². The molecule has 124 valence electrons. The van der Waals surface area contributed by atoms with Crippen molar-refractivity contribution in [3.63, 3.8) is 0 Å². The van der Waals surface area contributed by atoms with Crippen LogP contribution in [-0.2, 0) is 4.74 Å².